The lowest BCUT2D eigenvalue weighted by molar-refractivity contribution is 0.295. The van der Waals surface area contributed by atoms with E-state index in [2.05, 4.69) is 33.4 Å². The zero-order chi connectivity index (χ0) is 9.84. The highest BCUT2D eigenvalue weighted by molar-refractivity contribution is 9.11. The van der Waals surface area contributed by atoms with Crippen LogP contribution in [-0.4, -0.2) is 18.0 Å². The lowest BCUT2D eigenvalue weighted by Gasteiger charge is -2.17. The van der Waals surface area contributed by atoms with Crippen LogP contribution in [-0.2, 0) is 6.54 Å². The van der Waals surface area contributed by atoms with E-state index in [1.54, 1.807) is 11.3 Å². The fraction of sp³-hybridized carbons (Fsp3) is 0.444. The summed E-state index contributed by atoms with van der Waals surface area (Å²) in [5.74, 6) is 0. The van der Waals surface area contributed by atoms with Gasteiger partial charge >= 0.3 is 0 Å². The number of halogens is 1. The van der Waals surface area contributed by atoms with Gasteiger partial charge in [0, 0.05) is 6.54 Å². The third-order valence-corrected chi connectivity index (χ3v) is 3.46. The van der Waals surface area contributed by atoms with E-state index in [1.165, 1.54) is 5.56 Å². The van der Waals surface area contributed by atoms with Crippen LogP contribution in [0.4, 0.5) is 0 Å². The van der Waals surface area contributed by atoms with E-state index >= 15 is 0 Å². The van der Waals surface area contributed by atoms with Crippen molar-refractivity contribution in [1.82, 2.24) is 4.90 Å². The van der Waals surface area contributed by atoms with E-state index in [-0.39, 0.29) is 6.04 Å². The van der Waals surface area contributed by atoms with Gasteiger partial charge in [0.25, 0.3) is 0 Å². The van der Waals surface area contributed by atoms with Crippen LogP contribution >= 0.6 is 27.3 Å². The second-order valence-electron chi connectivity index (χ2n) is 2.98. The first-order chi connectivity index (χ1) is 6.13. The van der Waals surface area contributed by atoms with Crippen LogP contribution < -0.4 is 0 Å². The van der Waals surface area contributed by atoms with Crippen molar-refractivity contribution < 1.29 is 0 Å². The molecule has 1 heterocycles. The average molecular weight is 259 g/mol. The van der Waals surface area contributed by atoms with Crippen molar-refractivity contribution in [3.05, 3.63) is 20.8 Å². The normalized spacial score (nSPS) is 12.8. The molecule has 1 aromatic heterocycles. The number of hydrogen-bond acceptors (Lipinski definition) is 3. The minimum atomic E-state index is -0.0290. The fourth-order valence-electron chi connectivity index (χ4n) is 0.952. The summed E-state index contributed by atoms with van der Waals surface area (Å²) in [6.45, 7) is 2.73. The second-order valence-corrected chi connectivity index (χ2v) is 5.27. The van der Waals surface area contributed by atoms with Gasteiger partial charge in [0.15, 0.2) is 0 Å². The van der Waals surface area contributed by atoms with Gasteiger partial charge in [-0.3, -0.25) is 4.90 Å². The Hall–Kier alpha value is -0.370. The Morgan fingerprint density at radius 2 is 2.46 bits per heavy atom. The number of nitrogens with zero attached hydrogens (tertiary/aromatic N) is 2. The Morgan fingerprint density at radius 1 is 1.77 bits per heavy atom. The molecule has 4 heteroatoms. The third kappa shape index (κ3) is 3.11. The fourth-order valence-corrected chi connectivity index (χ4v) is 2.15. The summed E-state index contributed by atoms with van der Waals surface area (Å²) >= 11 is 5.08. The predicted molar refractivity (Wildman–Crippen MR) is 58.6 cm³/mol. The van der Waals surface area contributed by atoms with Gasteiger partial charge in [0.2, 0.25) is 0 Å². The van der Waals surface area contributed by atoms with Gasteiger partial charge < -0.3 is 0 Å². The topological polar surface area (TPSA) is 27.0 Å². The lowest BCUT2D eigenvalue weighted by Crippen LogP contribution is -2.26. The highest BCUT2D eigenvalue weighted by Gasteiger charge is 2.08. The second kappa shape index (κ2) is 4.75. The van der Waals surface area contributed by atoms with Crippen molar-refractivity contribution in [2.45, 2.75) is 19.5 Å². The minimum Gasteiger partial charge on any atom is -0.287 e. The Balaban J connectivity index is 2.55. The Bertz CT molecular complexity index is 316. The first-order valence-corrected chi connectivity index (χ1v) is 5.63. The molecule has 1 aromatic rings. The van der Waals surface area contributed by atoms with Gasteiger partial charge in [-0.05, 0) is 46.9 Å². The van der Waals surface area contributed by atoms with Crippen molar-refractivity contribution in [3.63, 3.8) is 0 Å². The molecule has 1 atom stereocenters. The quantitative estimate of drug-likeness (QED) is 0.834. The number of rotatable bonds is 3. The molecule has 2 nitrogen and oxygen atoms in total. The molecule has 0 spiro atoms. The molecule has 0 saturated heterocycles. The van der Waals surface area contributed by atoms with E-state index in [4.69, 9.17) is 5.26 Å². The van der Waals surface area contributed by atoms with E-state index in [9.17, 15) is 0 Å². The van der Waals surface area contributed by atoms with Gasteiger partial charge in [-0.2, -0.15) is 5.26 Å². The Kier molecular flexibility index (Phi) is 3.91. The highest BCUT2D eigenvalue weighted by Crippen LogP contribution is 2.21. The summed E-state index contributed by atoms with van der Waals surface area (Å²) in [6, 6.07) is 4.27. The standard InChI is InChI=1S/C9H11BrN2S/c1-7(4-11)12(2)5-8-3-9(10)13-6-8/h3,6-7H,5H2,1-2H3. The molecule has 0 aliphatic rings. The Morgan fingerprint density at radius 3 is 2.92 bits per heavy atom. The molecule has 1 unspecified atom stereocenters. The van der Waals surface area contributed by atoms with Crippen LogP contribution in [0.3, 0.4) is 0 Å². The Labute approximate surface area is 90.9 Å². The monoisotopic (exact) mass is 258 g/mol. The molecule has 13 heavy (non-hydrogen) atoms. The number of nitriles is 1. The molecule has 1 rings (SSSR count). The van der Waals surface area contributed by atoms with Crippen LogP contribution in [0.1, 0.15) is 12.5 Å². The largest absolute Gasteiger partial charge is 0.287 e. The van der Waals surface area contributed by atoms with Crippen molar-refractivity contribution >= 4 is 27.3 Å². The number of thiophene rings is 1. The van der Waals surface area contributed by atoms with Crippen LogP contribution in [0.25, 0.3) is 0 Å². The molecule has 0 fully saturated rings. The van der Waals surface area contributed by atoms with Gasteiger partial charge in [0.05, 0.1) is 15.9 Å². The number of hydrogen-bond donors (Lipinski definition) is 0. The molecule has 0 aliphatic carbocycles. The average Bonchev–Trinajstić information content (AvgIpc) is 2.49. The molecule has 0 saturated carbocycles. The van der Waals surface area contributed by atoms with Gasteiger partial charge in [-0.25, -0.2) is 0 Å². The lowest BCUT2D eigenvalue weighted by atomic mass is 10.2. The summed E-state index contributed by atoms with van der Waals surface area (Å²) in [5, 5.41) is 10.8. The minimum absolute atomic E-state index is 0.0290. The summed E-state index contributed by atoms with van der Waals surface area (Å²) in [4.78, 5) is 2.02. The zero-order valence-electron chi connectivity index (χ0n) is 7.62. The highest BCUT2D eigenvalue weighted by atomic mass is 79.9. The molecular formula is C9H11BrN2S. The molecule has 0 aliphatic heterocycles. The van der Waals surface area contributed by atoms with Crippen molar-refractivity contribution in [2.24, 2.45) is 0 Å². The molecule has 0 N–H and O–H groups in total. The van der Waals surface area contributed by atoms with Crippen molar-refractivity contribution in [1.29, 1.82) is 5.26 Å². The first-order valence-electron chi connectivity index (χ1n) is 3.96. The molecule has 0 bridgehead atoms. The summed E-state index contributed by atoms with van der Waals surface area (Å²) in [6.07, 6.45) is 0. The zero-order valence-corrected chi connectivity index (χ0v) is 10.0. The van der Waals surface area contributed by atoms with Gasteiger partial charge in [-0.15, -0.1) is 11.3 Å². The molecule has 70 valence electrons. The van der Waals surface area contributed by atoms with Gasteiger partial charge in [-0.1, -0.05) is 0 Å². The maximum absolute atomic E-state index is 8.69. The van der Waals surface area contributed by atoms with Crippen LogP contribution in [0.2, 0.25) is 0 Å². The van der Waals surface area contributed by atoms with Crippen LogP contribution in [0, 0.1) is 11.3 Å². The smallest absolute Gasteiger partial charge is 0.0949 e. The SMILES string of the molecule is CC(C#N)N(C)Cc1csc(Br)c1. The summed E-state index contributed by atoms with van der Waals surface area (Å²) < 4.78 is 1.14. The summed E-state index contributed by atoms with van der Waals surface area (Å²) in [5.41, 5.74) is 1.25. The molecular weight excluding hydrogens is 248 g/mol. The van der Waals surface area contributed by atoms with Crippen molar-refractivity contribution in [2.75, 3.05) is 7.05 Å². The maximum atomic E-state index is 8.69. The molecule has 0 aromatic carbocycles. The van der Waals surface area contributed by atoms with Crippen LogP contribution in [0.5, 0.6) is 0 Å². The van der Waals surface area contributed by atoms with E-state index in [0.29, 0.717) is 0 Å². The van der Waals surface area contributed by atoms with Gasteiger partial charge in [0.1, 0.15) is 0 Å². The van der Waals surface area contributed by atoms with Crippen molar-refractivity contribution in [3.8, 4) is 6.07 Å². The molecule has 0 radical (unpaired) electrons. The first kappa shape index (κ1) is 10.7. The maximum Gasteiger partial charge on any atom is 0.0949 e. The van der Waals surface area contributed by atoms with E-state index < -0.39 is 0 Å². The van der Waals surface area contributed by atoms with Crippen LogP contribution in [0.15, 0.2) is 15.2 Å². The molecule has 0 amide bonds. The van der Waals surface area contributed by atoms with E-state index in [0.717, 1.165) is 10.3 Å². The summed E-state index contributed by atoms with van der Waals surface area (Å²) in [7, 11) is 1.96. The third-order valence-electron chi connectivity index (χ3n) is 1.90. The van der Waals surface area contributed by atoms with E-state index in [1.807, 2.05) is 18.9 Å². The predicted octanol–water partition coefficient (Wildman–Crippen LogP) is 2.85.